The molecule has 2 heterocycles. The highest BCUT2D eigenvalue weighted by Crippen LogP contribution is 2.30. The summed E-state index contributed by atoms with van der Waals surface area (Å²) in [6, 6.07) is 27.3. The highest BCUT2D eigenvalue weighted by Gasteiger charge is 2.12. The number of ether oxygens (including phenoxy) is 2. The minimum Gasteiger partial charge on any atom is -0.497 e. The molecule has 5 aromatic rings. The van der Waals surface area contributed by atoms with Crippen molar-refractivity contribution in [3.8, 4) is 22.6 Å². The molecule has 0 bridgehead atoms. The second kappa shape index (κ2) is 9.26. The van der Waals surface area contributed by atoms with Gasteiger partial charge >= 0.3 is 0 Å². The first-order valence-corrected chi connectivity index (χ1v) is 11.2. The van der Waals surface area contributed by atoms with Gasteiger partial charge in [-0.3, -0.25) is 9.89 Å². The molecule has 0 aliphatic rings. The van der Waals surface area contributed by atoms with E-state index < -0.39 is 0 Å². The Morgan fingerprint density at radius 2 is 1.67 bits per heavy atom. The third-order valence-corrected chi connectivity index (χ3v) is 6.14. The number of nitrogens with zero attached hydrogens (tertiary/aromatic N) is 2. The van der Waals surface area contributed by atoms with Gasteiger partial charge in [-0.25, -0.2) is 9.50 Å². The van der Waals surface area contributed by atoms with Gasteiger partial charge in [0, 0.05) is 33.7 Å². The number of hydrogen-bond donors (Lipinski definition) is 1. The molecule has 33 heavy (non-hydrogen) atoms. The van der Waals surface area contributed by atoms with E-state index in [0.29, 0.717) is 22.8 Å². The molecule has 0 saturated heterocycles. The Labute approximate surface area is 194 Å². The number of methoxy groups -OCH3 is 1. The lowest BCUT2D eigenvalue weighted by Gasteiger charge is -2.08. The van der Waals surface area contributed by atoms with Crippen LogP contribution in [0.2, 0.25) is 0 Å². The minimum absolute atomic E-state index is 0.177. The van der Waals surface area contributed by atoms with Crippen molar-refractivity contribution in [3.05, 3.63) is 107 Å². The molecule has 0 saturated carbocycles. The number of H-pyrrole nitrogens is 1. The lowest BCUT2D eigenvalue weighted by atomic mass is 10.1. The monoisotopic (exact) mass is 455 g/mol. The lowest BCUT2D eigenvalue weighted by molar-refractivity contribution is 0.299. The molecular weight excluding hydrogens is 434 g/mol. The largest absolute Gasteiger partial charge is 0.497 e. The lowest BCUT2D eigenvalue weighted by Crippen LogP contribution is -2.16. The summed E-state index contributed by atoms with van der Waals surface area (Å²) < 4.78 is 12.5. The van der Waals surface area contributed by atoms with Crippen LogP contribution >= 0.6 is 11.8 Å². The van der Waals surface area contributed by atoms with Crippen LogP contribution in [0.1, 0.15) is 5.69 Å². The summed E-state index contributed by atoms with van der Waals surface area (Å²) >= 11 is 1.71. The molecule has 0 spiro atoms. The molecule has 0 unspecified atom stereocenters. The topological polar surface area (TPSA) is 68.6 Å². The average molecular weight is 456 g/mol. The van der Waals surface area contributed by atoms with Crippen LogP contribution in [0.3, 0.4) is 0 Å². The molecule has 0 aliphatic carbocycles. The van der Waals surface area contributed by atoms with Gasteiger partial charge in [-0.1, -0.05) is 48.2 Å². The van der Waals surface area contributed by atoms with Crippen molar-refractivity contribution >= 4 is 17.4 Å². The van der Waals surface area contributed by atoms with Gasteiger partial charge in [-0.05, 0) is 42.0 Å². The van der Waals surface area contributed by atoms with Crippen LogP contribution in [-0.2, 0) is 6.61 Å². The van der Waals surface area contributed by atoms with E-state index in [0.717, 1.165) is 16.0 Å². The van der Waals surface area contributed by atoms with Gasteiger partial charge < -0.3 is 9.47 Å². The predicted octanol–water partition coefficient (Wildman–Crippen LogP) is 5.43. The van der Waals surface area contributed by atoms with Gasteiger partial charge in [0.2, 0.25) is 0 Å². The molecule has 5 rings (SSSR count). The number of benzene rings is 3. The van der Waals surface area contributed by atoms with Crippen molar-refractivity contribution in [1.82, 2.24) is 14.6 Å². The van der Waals surface area contributed by atoms with Crippen molar-refractivity contribution in [1.29, 1.82) is 0 Å². The Morgan fingerprint density at radius 3 is 2.45 bits per heavy atom. The number of aromatic nitrogens is 3. The van der Waals surface area contributed by atoms with Crippen LogP contribution in [0.4, 0.5) is 0 Å². The van der Waals surface area contributed by atoms with Crippen LogP contribution in [0.25, 0.3) is 16.8 Å². The first-order chi connectivity index (χ1) is 16.2. The molecular formula is C26H21N3O3S. The molecule has 0 fully saturated rings. The number of hydrogen-bond acceptors (Lipinski definition) is 5. The molecule has 0 aliphatic heterocycles. The van der Waals surface area contributed by atoms with Gasteiger partial charge in [-0.15, -0.1) is 0 Å². The smallest absolute Gasteiger partial charge is 0.273 e. The van der Waals surface area contributed by atoms with Crippen molar-refractivity contribution < 1.29 is 9.47 Å². The van der Waals surface area contributed by atoms with Gasteiger partial charge in [0.1, 0.15) is 18.1 Å². The Balaban J connectivity index is 1.39. The normalized spacial score (nSPS) is 10.9. The van der Waals surface area contributed by atoms with Crippen LogP contribution in [-0.4, -0.2) is 21.7 Å². The molecule has 164 valence electrons. The summed E-state index contributed by atoms with van der Waals surface area (Å²) in [6.45, 7) is 0.177. The highest BCUT2D eigenvalue weighted by molar-refractivity contribution is 7.99. The van der Waals surface area contributed by atoms with E-state index in [1.807, 2.05) is 48.5 Å². The third kappa shape index (κ3) is 4.63. The Hall–Kier alpha value is -3.97. The number of fused-ring (bicyclic) bond motifs is 1. The van der Waals surface area contributed by atoms with E-state index in [1.165, 1.54) is 15.5 Å². The van der Waals surface area contributed by atoms with Gasteiger partial charge in [0.25, 0.3) is 5.56 Å². The number of rotatable bonds is 7. The molecule has 6 nitrogen and oxygen atoms in total. The minimum atomic E-state index is -0.188. The van der Waals surface area contributed by atoms with E-state index >= 15 is 0 Å². The Morgan fingerprint density at radius 1 is 0.909 bits per heavy atom. The molecule has 0 atom stereocenters. The molecule has 0 amide bonds. The zero-order valence-electron chi connectivity index (χ0n) is 17.9. The van der Waals surface area contributed by atoms with E-state index in [4.69, 9.17) is 14.5 Å². The van der Waals surface area contributed by atoms with Crippen LogP contribution in [0.5, 0.6) is 11.5 Å². The standard InChI is InChI=1S/C26H21N3O3S/c1-31-20-6-5-7-21(15-20)32-17-19-14-25(30)29-26(28-19)24(16-27-29)18-10-12-23(13-11-18)33-22-8-3-2-4-9-22/h2-16,27H,17H2,1H3. The fraction of sp³-hybridized carbons (Fsp3) is 0.0769. The van der Waals surface area contributed by atoms with E-state index in [9.17, 15) is 4.79 Å². The summed E-state index contributed by atoms with van der Waals surface area (Å²) in [5.41, 5.74) is 2.76. The fourth-order valence-electron chi connectivity index (χ4n) is 3.49. The molecule has 0 radical (unpaired) electrons. The highest BCUT2D eigenvalue weighted by atomic mass is 32.2. The van der Waals surface area contributed by atoms with Gasteiger partial charge in [0.05, 0.1) is 12.8 Å². The first-order valence-electron chi connectivity index (χ1n) is 10.4. The summed E-state index contributed by atoms with van der Waals surface area (Å²) in [5.74, 6) is 1.36. The van der Waals surface area contributed by atoms with Crippen molar-refractivity contribution in [3.63, 3.8) is 0 Å². The summed E-state index contributed by atoms with van der Waals surface area (Å²) in [6.07, 6.45) is 1.80. The summed E-state index contributed by atoms with van der Waals surface area (Å²) in [4.78, 5) is 19.6. The second-order valence-corrected chi connectivity index (χ2v) is 8.49. The number of nitrogens with one attached hydrogen (secondary N) is 1. The van der Waals surface area contributed by atoms with Crippen LogP contribution in [0.15, 0.2) is 106 Å². The summed E-state index contributed by atoms with van der Waals surface area (Å²) in [5, 5.41) is 3.00. The maximum absolute atomic E-state index is 12.6. The first kappa shape index (κ1) is 20.9. The van der Waals surface area contributed by atoms with E-state index in [2.05, 4.69) is 29.4 Å². The van der Waals surface area contributed by atoms with Gasteiger partial charge in [0.15, 0.2) is 5.65 Å². The van der Waals surface area contributed by atoms with E-state index in [-0.39, 0.29) is 12.2 Å². The molecule has 3 aromatic carbocycles. The van der Waals surface area contributed by atoms with E-state index in [1.54, 1.807) is 31.1 Å². The maximum atomic E-state index is 12.6. The fourth-order valence-corrected chi connectivity index (χ4v) is 4.33. The zero-order chi connectivity index (χ0) is 22.6. The Kier molecular flexibility index (Phi) is 5.87. The van der Waals surface area contributed by atoms with Crippen molar-refractivity contribution in [2.24, 2.45) is 0 Å². The third-order valence-electron chi connectivity index (χ3n) is 5.12. The second-order valence-electron chi connectivity index (χ2n) is 7.34. The van der Waals surface area contributed by atoms with Crippen molar-refractivity contribution in [2.45, 2.75) is 16.4 Å². The molecule has 1 N–H and O–H groups in total. The summed E-state index contributed by atoms with van der Waals surface area (Å²) in [7, 11) is 1.61. The predicted molar refractivity (Wildman–Crippen MR) is 129 cm³/mol. The zero-order valence-corrected chi connectivity index (χ0v) is 18.7. The molecule has 2 aromatic heterocycles. The maximum Gasteiger partial charge on any atom is 0.273 e. The molecule has 7 heteroatoms. The Bertz CT molecular complexity index is 1440. The SMILES string of the molecule is COc1cccc(OCc2cc(=O)n3[nH]cc(-c4ccc(Sc5ccccc5)cc4)c3n2)c1. The number of aromatic amines is 1. The quantitative estimate of drug-likeness (QED) is 0.354. The van der Waals surface area contributed by atoms with Crippen LogP contribution < -0.4 is 15.0 Å². The van der Waals surface area contributed by atoms with Crippen molar-refractivity contribution in [2.75, 3.05) is 7.11 Å². The van der Waals surface area contributed by atoms with Crippen LogP contribution in [0, 0.1) is 0 Å². The van der Waals surface area contributed by atoms with Gasteiger partial charge in [-0.2, -0.15) is 0 Å². The average Bonchev–Trinajstić information content (AvgIpc) is 3.29.